The first-order valence-electron chi connectivity index (χ1n) is 9.73. The standard InChI is InChI=1S/C19H42O6Si/c1-18(2)24-16-14-22-12-10-20-8-9-21-11-13-23-15-17-25-26(6,7)19(3,4)5/h18H,8-17H2,1-7H3. The molecule has 0 fully saturated rings. The van der Waals surface area contributed by atoms with Crippen molar-refractivity contribution in [2.24, 2.45) is 0 Å². The minimum Gasteiger partial charge on any atom is -0.414 e. The first-order chi connectivity index (χ1) is 12.2. The lowest BCUT2D eigenvalue weighted by Gasteiger charge is -2.36. The van der Waals surface area contributed by atoms with Crippen LogP contribution in [-0.2, 0) is 28.1 Å². The number of rotatable bonds is 17. The zero-order valence-electron chi connectivity index (χ0n) is 18.1. The van der Waals surface area contributed by atoms with Gasteiger partial charge in [-0.1, -0.05) is 20.8 Å². The maximum Gasteiger partial charge on any atom is 0.192 e. The van der Waals surface area contributed by atoms with Crippen LogP contribution in [0.1, 0.15) is 34.6 Å². The van der Waals surface area contributed by atoms with Crippen LogP contribution in [0, 0.1) is 0 Å². The fraction of sp³-hybridized carbons (Fsp3) is 1.00. The molecule has 0 aliphatic rings. The van der Waals surface area contributed by atoms with Crippen LogP contribution in [0.25, 0.3) is 0 Å². The number of ether oxygens (including phenoxy) is 5. The van der Waals surface area contributed by atoms with Crippen LogP contribution >= 0.6 is 0 Å². The Morgan fingerprint density at radius 3 is 1.31 bits per heavy atom. The molecule has 0 N–H and O–H groups in total. The van der Waals surface area contributed by atoms with Crippen LogP contribution < -0.4 is 0 Å². The SMILES string of the molecule is CC(C)OCCOCCOCCOCCOCCO[Si](C)(C)C(C)(C)C. The Labute approximate surface area is 161 Å². The van der Waals surface area contributed by atoms with E-state index in [2.05, 4.69) is 33.9 Å². The average molecular weight is 395 g/mol. The Kier molecular flexibility index (Phi) is 15.0. The summed E-state index contributed by atoms with van der Waals surface area (Å²) in [5.41, 5.74) is 0. The van der Waals surface area contributed by atoms with Crippen molar-refractivity contribution in [1.82, 2.24) is 0 Å². The second kappa shape index (κ2) is 15.0. The summed E-state index contributed by atoms with van der Waals surface area (Å²) < 4.78 is 33.2. The molecule has 0 aliphatic carbocycles. The number of hydrogen-bond donors (Lipinski definition) is 0. The molecule has 0 saturated carbocycles. The normalized spacial score (nSPS) is 12.9. The maximum atomic E-state index is 6.05. The third kappa shape index (κ3) is 15.1. The molecule has 0 aromatic carbocycles. The summed E-state index contributed by atoms with van der Waals surface area (Å²) in [5.74, 6) is 0. The Hall–Kier alpha value is -0.0231. The maximum absolute atomic E-state index is 6.05. The van der Waals surface area contributed by atoms with E-state index in [-0.39, 0.29) is 11.1 Å². The highest BCUT2D eigenvalue weighted by Gasteiger charge is 2.36. The predicted octanol–water partition coefficient (Wildman–Crippen LogP) is 3.50. The van der Waals surface area contributed by atoms with Gasteiger partial charge in [0.2, 0.25) is 0 Å². The minimum atomic E-state index is -1.66. The lowest BCUT2D eigenvalue weighted by molar-refractivity contribution is -0.0188. The highest BCUT2D eigenvalue weighted by Crippen LogP contribution is 2.36. The van der Waals surface area contributed by atoms with Gasteiger partial charge in [0.15, 0.2) is 8.32 Å². The zero-order chi connectivity index (χ0) is 19.9. The van der Waals surface area contributed by atoms with E-state index in [4.69, 9.17) is 28.1 Å². The monoisotopic (exact) mass is 394 g/mol. The fourth-order valence-electron chi connectivity index (χ4n) is 1.68. The van der Waals surface area contributed by atoms with Crippen LogP contribution in [0.3, 0.4) is 0 Å². The Morgan fingerprint density at radius 2 is 0.962 bits per heavy atom. The molecule has 158 valence electrons. The van der Waals surface area contributed by atoms with Gasteiger partial charge in [0, 0.05) is 0 Å². The van der Waals surface area contributed by atoms with Crippen molar-refractivity contribution < 1.29 is 28.1 Å². The molecular weight excluding hydrogens is 352 g/mol. The highest BCUT2D eigenvalue weighted by molar-refractivity contribution is 6.74. The summed E-state index contributed by atoms with van der Waals surface area (Å²) >= 11 is 0. The van der Waals surface area contributed by atoms with Crippen molar-refractivity contribution in [3.8, 4) is 0 Å². The first-order valence-corrected chi connectivity index (χ1v) is 12.6. The molecule has 0 unspecified atom stereocenters. The van der Waals surface area contributed by atoms with Crippen LogP contribution in [0.4, 0.5) is 0 Å². The molecule has 0 aliphatic heterocycles. The summed E-state index contributed by atoms with van der Waals surface area (Å²) in [6.45, 7) is 21.2. The van der Waals surface area contributed by atoms with Crippen molar-refractivity contribution in [1.29, 1.82) is 0 Å². The van der Waals surface area contributed by atoms with Gasteiger partial charge < -0.3 is 28.1 Å². The highest BCUT2D eigenvalue weighted by atomic mass is 28.4. The summed E-state index contributed by atoms with van der Waals surface area (Å²) in [6, 6.07) is 0. The summed E-state index contributed by atoms with van der Waals surface area (Å²) in [6.07, 6.45) is 0.251. The average Bonchev–Trinajstić information content (AvgIpc) is 2.53. The van der Waals surface area contributed by atoms with E-state index < -0.39 is 8.32 Å². The molecule has 0 saturated heterocycles. The van der Waals surface area contributed by atoms with Crippen molar-refractivity contribution in [2.45, 2.75) is 58.9 Å². The molecule has 0 spiro atoms. The van der Waals surface area contributed by atoms with Crippen molar-refractivity contribution >= 4 is 8.32 Å². The van der Waals surface area contributed by atoms with Crippen molar-refractivity contribution in [2.75, 3.05) is 66.1 Å². The van der Waals surface area contributed by atoms with Crippen molar-refractivity contribution in [3.63, 3.8) is 0 Å². The predicted molar refractivity (Wildman–Crippen MR) is 108 cm³/mol. The lowest BCUT2D eigenvalue weighted by atomic mass is 10.2. The third-order valence-corrected chi connectivity index (χ3v) is 8.83. The molecule has 0 aromatic heterocycles. The van der Waals surface area contributed by atoms with E-state index in [1.807, 2.05) is 13.8 Å². The van der Waals surface area contributed by atoms with Gasteiger partial charge in [-0.2, -0.15) is 0 Å². The summed E-state index contributed by atoms with van der Waals surface area (Å²) in [7, 11) is -1.66. The first kappa shape index (κ1) is 26.0. The number of hydrogen-bond acceptors (Lipinski definition) is 6. The van der Waals surface area contributed by atoms with E-state index in [9.17, 15) is 0 Å². The van der Waals surface area contributed by atoms with Crippen LogP contribution in [0.5, 0.6) is 0 Å². The summed E-state index contributed by atoms with van der Waals surface area (Å²) in [5, 5.41) is 0.239. The molecule has 0 bridgehead atoms. The van der Waals surface area contributed by atoms with Gasteiger partial charge >= 0.3 is 0 Å². The van der Waals surface area contributed by atoms with E-state index in [0.717, 1.165) is 0 Å². The molecule has 0 radical (unpaired) electrons. The molecule has 0 heterocycles. The second-order valence-corrected chi connectivity index (χ2v) is 12.8. The van der Waals surface area contributed by atoms with Gasteiger partial charge in [0.25, 0.3) is 0 Å². The topological polar surface area (TPSA) is 55.4 Å². The fourth-order valence-corrected chi connectivity index (χ4v) is 2.70. The molecular formula is C19H42O6Si. The molecule has 0 rings (SSSR count). The molecule has 7 heteroatoms. The molecule has 6 nitrogen and oxygen atoms in total. The Balaban J connectivity index is 3.23. The lowest BCUT2D eigenvalue weighted by Crippen LogP contribution is -2.41. The van der Waals surface area contributed by atoms with Gasteiger partial charge in [0.1, 0.15) is 0 Å². The van der Waals surface area contributed by atoms with Gasteiger partial charge in [-0.3, -0.25) is 0 Å². The second-order valence-electron chi connectivity index (χ2n) is 7.98. The molecule has 0 aromatic rings. The van der Waals surface area contributed by atoms with Crippen LogP contribution in [0.2, 0.25) is 18.1 Å². The van der Waals surface area contributed by atoms with Gasteiger partial charge in [-0.05, 0) is 32.0 Å². The molecule has 0 atom stereocenters. The van der Waals surface area contributed by atoms with Crippen LogP contribution in [0.15, 0.2) is 0 Å². The minimum absolute atomic E-state index is 0.239. The van der Waals surface area contributed by atoms with Gasteiger partial charge in [0.05, 0.1) is 72.2 Å². The smallest absolute Gasteiger partial charge is 0.192 e. The molecule has 26 heavy (non-hydrogen) atoms. The summed E-state index contributed by atoms with van der Waals surface area (Å²) in [4.78, 5) is 0. The Morgan fingerprint density at radius 1 is 0.615 bits per heavy atom. The van der Waals surface area contributed by atoms with E-state index in [1.165, 1.54) is 0 Å². The van der Waals surface area contributed by atoms with Crippen molar-refractivity contribution in [3.05, 3.63) is 0 Å². The van der Waals surface area contributed by atoms with E-state index in [0.29, 0.717) is 66.1 Å². The molecule has 0 amide bonds. The Bertz CT molecular complexity index is 318. The van der Waals surface area contributed by atoms with Gasteiger partial charge in [-0.25, -0.2) is 0 Å². The van der Waals surface area contributed by atoms with E-state index >= 15 is 0 Å². The quantitative estimate of drug-likeness (QED) is 0.278. The van der Waals surface area contributed by atoms with Crippen LogP contribution in [-0.4, -0.2) is 80.5 Å². The third-order valence-electron chi connectivity index (χ3n) is 4.29. The van der Waals surface area contributed by atoms with E-state index in [1.54, 1.807) is 0 Å². The zero-order valence-corrected chi connectivity index (χ0v) is 19.1. The van der Waals surface area contributed by atoms with Gasteiger partial charge in [-0.15, -0.1) is 0 Å². The largest absolute Gasteiger partial charge is 0.414 e.